The average molecular weight is 382 g/mol. The third-order valence-corrected chi connectivity index (χ3v) is 5.12. The number of methoxy groups -OCH3 is 1. The van der Waals surface area contributed by atoms with Gasteiger partial charge in [0.1, 0.15) is 23.1 Å². The van der Waals surface area contributed by atoms with Crippen LogP contribution in [0.1, 0.15) is 27.6 Å². The maximum atomic E-state index is 12.7. The van der Waals surface area contributed by atoms with Gasteiger partial charge in [0.15, 0.2) is 0 Å². The predicted octanol–water partition coefficient (Wildman–Crippen LogP) is 4.26. The fourth-order valence-corrected chi connectivity index (χ4v) is 3.84. The Morgan fingerprint density at radius 1 is 1.22 bits per heavy atom. The first-order valence-electron chi connectivity index (χ1n) is 8.34. The molecule has 0 spiro atoms. The molecule has 0 aliphatic heterocycles. The summed E-state index contributed by atoms with van der Waals surface area (Å²) in [6.45, 7) is 5.45. The molecule has 1 N–H and O–H groups in total. The Balaban J connectivity index is 1.71. The second-order valence-electron chi connectivity index (χ2n) is 6.19. The first-order valence-corrected chi connectivity index (χ1v) is 9.16. The molecule has 0 bridgehead atoms. The number of aromatic nitrogens is 3. The second kappa shape index (κ2) is 6.55. The summed E-state index contributed by atoms with van der Waals surface area (Å²) in [5.41, 5.74) is 2.14. The van der Waals surface area contributed by atoms with Crippen LogP contribution in [0.15, 0.2) is 34.7 Å². The molecule has 4 aromatic rings. The van der Waals surface area contributed by atoms with Crippen molar-refractivity contribution in [3.63, 3.8) is 0 Å². The van der Waals surface area contributed by atoms with Gasteiger partial charge in [0.25, 0.3) is 5.91 Å². The maximum absolute atomic E-state index is 12.7. The van der Waals surface area contributed by atoms with Gasteiger partial charge in [0, 0.05) is 6.07 Å². The van der Waals surface area contributed by atoms with Crippen molar-refractivity contribution < 1.29 is 13.9 Å². The molecular formula is C19H18N4O3S. The van der Waals surface area contributed by atoms with Crippen LogP contribution in [-0.2, 0) is 0 Å². The summed E-state index contributed by atoms with van der Waals surface area (Å²) in [6, 6.07) is 9.24. The minimum absolute atomic E-state index is 0.242. The van der Waals surface area contributed by atoms with Crippen LogP contribution in [0, 0.1) is 20.8 Å². The van der Waals surface area contributed by atoms with Gasteiger partial charge in [0.2, 0.25) is 5.13 Å². The molecule has 3 heterocycles. The van der Waals surface area contributed by atoms with Gasteiger partial charge in [-0.1, -0.05) is 11.3 Å². The molecule has 0 radical (unpaired) electrons. The molecule has 1 amide bonds. The number of hydrogen-bond acceptors (Lipinski definition) is 6. The van der Waals surface area contributed by atoms with E-state index in [9.17, 15) is 4.79 Å². The van der Waals surface area contributed by atoms with E-state index in [0.717, 1.165) is 21.7 Å². The lowest BCUT2D eigenvalue weighted by Gasteiger charge is -2.05. The Labute approximate surface area is 159 Å². The minimum atomic E-state index is -0.242. The lowest BCUT2D eigenvalue weighted by molar-refractivity contribution is 0.102. The van der Waals surface area contributed by atoms with E-state index in [2.05, 4.69) is 15.4 Å². The Hall–Kier alpha value is -3.13. The standard InChI is InChI=1S/C19H18N4O3S/c1-10-7-17(21-18(24)14-8-11(2)26-12(14)3)23(22-10)19-20-15-6-5-13(25-4)9-16(15)27-19/h5-9H,1-4H3,(H,21,24). The average Bonchev–Trinajstić information content (AvgIpc) is 3.30. The van der Waals surface area contributed by atoms with Crippen molar-refractivity contribution in [1.82, 2.24) is 14.8 Å². The lowest BCUT2D eigenvalue weighted by Crippen LogP contribution is -2.15. The summed E-state index contributed by atoms with van der Waals surface area (Å²) in [7, 11) is 1.63. The number of benzene rings is 1. The van der Waals surface area contributed by atoms with Gasteiger partial charge < -0.3 is 14.5 Å². The van der Waals surface area contributed by atoms with Crippen LogP contribution in [0.3, 0.4) is 0 Å². The number of carbonyl (C=O) groups excluding carboxylic acids is 1. The number of carbonyl (C=O) groups is 1. The van der Waals surface area contributed by atoms with E-state index in [-0.39, 0.29) is 5.91 Å². The number of hydrogen-bond donors (Lipinski definition) is 1. The van der Waals surface area contributed by atoms with E-state index in [1.165, 1.54) is 11.3 Å². The highest BCUT2D eigenvalue weighted by Gasteiger charge is 2.18. The number of amides is 1. The van der Waals surface area contributed by atoms with Gasteiger partial charge in [-0.3, -0.25) is 4.79 Å². The van der Waals surface area contributed by atoms with Crippen molar-refractivity contribution >= 4 is 33.3 Å². The molecule has 4 rings (SSSR count). The molecular weight excluding hydrogens is 364 g/mol. The summed E-state index contributed by atoms with van der Waals surface area (Å²) < 4.78 is 13.3. The van der Waals surface area contributed by atoms with E-state index >= 15 is 0 Å². The third-order valence-electron chi connectivity index (χ3n) is 4.12. The molecule has 0 unspecified atom stereocenters. The van der Waals surface area contributed by atoms with Crippen molar-refractivity contribution in [1.29, 1.82) is 0 Å². The fourth-order valence-electron chi connectivity index (χ4n) is 2.88. The van der Waals surface area contributed by atoms with Crippen molar-refractivity contribution in [2.24, 2.45) is 0 Å². The minimum Gasteiger partial charge on any atom is -0.497 e. The van der Waals surface area contributed by atoms with Gasteiger partial charge in [-0.05, 0) is 45.0 Å². The molecule has 27 heavy (non-hydrogen) atoms. The number of thiazole rings is 1. The van der Waals surface area contributed by atoms with Crippen LogP contribution >= 0.6 is 11.3 Å². The number of ether oxygens (including phenoxy) is 1. The number of rotatable bonds is 4. The van der Waals surface area contributed by atoms with Gasteiger partial charge in [-0.15, -0.1) is 0 Å². The molecule has 0 saturated carbocycles. The number of aryl methyl sites for hydroxylation is 3. The third kappa shape index (κ3) is 3.19. The van der Waals surface area contributed by atoms with Crippen molar-refractivity contribution in [2.45, 2.75) is 20.8 Å². The van der Waals surface area contributed by atoms with Crippen LogP contribution in [0.4, 0.5) is 5.82 Å². The molecule has 3 aromatic heterocycles. The van der Waals surface area contributed by atoms with Crippen LogP contribution < -0.4 is 10.1 Å². The number of anilines is 1. The topological polar surface area (TPSA) is 82.2 Å². The zero-order valence-electron chi connectivity index (χ0n) is 15.4. The van der Waals surface area contributed by atoms with E-state index in [1.54, 1.807) is 24.8 Å². The SMILES string of the molecule is COc1ccc2nc(-n3nc(C)cc3NC(=O)c3cc(C)oc3C)sc2c1. The van der Waals surface area contributed by atoms with Crippen molar-refractivity contribution in [2.75, 3.05) is 12.4 Å². The van der Waals surface area contributed by atoms with Crippen molar-refractivity contribution in [3.8, 4) is 10.9 Å². The molecule has 138 valence electrons. The summed E-state index contributed by atoms with van der Waals surface area (Å²) >= 11 is 1.48. The Kier molecular flexibility index (Phi) is 4.19. The Morgan fingerprint density at radius 2 is 2.04 bits per heavy atom. The predicted molar refractivity (Wildman–Crippen MR) is 104 cm³/mol. The lowest BCUT2D eigenvalue weighted by atomic mass is 10.2. The molecule has 0 fully saturated rings. The first kappa shape index (κ1) is 17.3. The molecule has 7 nitrogen and oxygen atoms in total. The molecule has 0 saturated heterocycles. The monoisotopic (exact) mass is 382 g/mol. The van der Waals surface area contributed by atoms with Crippen molar-refractivity contribution in [3.05, 3.63) is 53.1 Å². The molecule has 0 aliphatic carbocycles. The van der Waals surface area contributed by atoms with Crippen LogP contribution in [0.2, 0.25) is 0 Å². The van der Waals surface area contributed by atoms with Gasteiger partial charge >= 0.3 is 0 Å². The molecule has 0 aliphatic rings. The second-order valence-corrected chi connectivity index (χ2v) is 7.20. The highest BCUT2D eigenvalue weighted by Crippen LogP contribution is 2.30. The first-order chi connectivity index (χ1) is 12.9. The summed E-state index contributed by atoms with van der Waals surface area (Å²) in [4.78, 5) is 17.3. The largest absolute Gasteiger partial charge is 0.497 e. The van der Waals surface area contributed by atoms with Gasteiger partial charge in [0.05, 0.1) is 28.6 Å². The smallest absolute Gasteiger partial charge is 0.260 e. The Bertz CT molecular complexity index is 1160. The van der Waals surface area contributed by atoms with Gasteiger partial charge in [-0.2, -0.15) is 9.78 Å². The zero-order chi connectivity index (χ0) is 19.1. The number of fused-ring (bicyclic) bond motifs is 1. The van der Waals surface area contributed by atoms with Gasteiger partial charge in [-0.25, -0.2) is 4.98 Å². The normalized spacial score (nSPS) is 11.1. The highest BCUT2D eigenvalue weighted by atomic mass is 32.1. The summed E-state index contributed by atoms with van der Waals surface area (Å²) in [6.07, 6.45) is 0. The van der Waals surface area contributed by atoms with E-state index in [0.29, 0.717) is 28.0 Å². The quantitative estimate of drug-likeness (QED) is 0.570. The van der Waals surface area contributed by atoms with E-state index in [4.69, 9.17) is 9.15 Å². The fraction of sp³-hybridized carbons (Fsp3) is 0.211. The van der Waals surface area contributed by atoms with E-state index < -0.39 is 0 Å². The van der Waals surface area contributed by atoms with Crippen LogP contribution in [0.5, 0.6) is 5.75 Å². The number of furan rings is 1. The molecule has 0 atom stereocenters. The molecule has 8 heteroatoms. The number of nitrogens with zero attached hydrogens (tertiary/aromatic N) is 3. The van der Waals surface area contributed by atoms with Crippen LogP contribution in [0.25, 0.3) is 15.3 Å². The summed E-state index contributed by atoms with van der Waals surface area (Å²) in [5.74, 6) is 2.37. The molecule has 1 aromatic carbocycles. The Morgan fingerprint density at radius 3 is 2.74 bits per heavy atom. The van der Waals surface area contributed by atoms with Crippen LogP contribution in [-0.4, -0.2) is 27.8 Å². The van der Waals surface area contributed by atoms with E-state index in [1.807, 2.05) is 38.1 Å². The highest BCUT2D eigenvalue weighted by molar-refractivity contribution is 7.20. The maximum Gasteiger partial charge on any atom is 0.260 e. The zero-order valence-corrected chi connectivity index (χ0v) is 16.2. The summed E-state index contributed by atoms with van der Waals surface area (Å²) in [5, 5.41) is 8.07. The number of nitrogens with one attached hydrogen (secondary N) is 1.